The highest BCUT2D eigenvalue weighted by molar-refractivity contribution is 5.78. The average molecular weight is 266 g/mol. The van der Waals surface area contributed by atoms with Crippen LogP contribution in [-0.4, -0.2) is 41.7 Å². The van der Waals surface area contributed by atoms with Gasteiger partial charge in [-0.25, -0.2) is 0 Å². The van der Waals surface area contributed by atoms with Crippen LogP contribution in [-0.2, 0) is 4.79 Å². The molecule has 5 heteroatoms. The van der Waals surface area contributed by atoms with E-state index in [1.165, 1.54) is 0 Å². The molecule has 0 radical (unpaired) electrons. The second-order valence-corrected chi connectivity index (χ2v) is 5.37. The highest BCUT2D eigenvalue weighted by Crippen LogP contribution is 2.17. The summed E-state index contributed by atoms with van der Waals surface area (Å²) in [5.74, 6) is 1.03. The number of amides is 1. The highest BCUT2D eigenvalue weighted by atomic mass is 16.3. The minimum Gasteiger partial charge on any atom is -0.467 e. The Bertz CT molecular complexity index is 405. The van der Waals surface area contributed by atoms with Crippen molar-refractivity contribution < 1.29 is 14.3 Å². The number of aliphatic hydroxyl groups is 1. The van der Waals surface area contributed by atoms with Gasteiger partial charge in [0.25, 0.3) is 0 Å². The van der Waals surface area contributed by atoms with Gasteiger partial charge in [-0.3, -0.25) is 9.69 Å². The number of aliphatic hydroxyl groups excluding tert-OH is 1. The molecule has 0 bridgehead atoms. The molecule has 3 atom stereocenters. The van der Waals surface area contributed by atoms with Crippen LogP contribution in [0.25, 0.3) is 0 Å². The Labute approximate surface area is 113 Å². The molecular formula is C14H22N2O3. The van der Waals surface area contributed by atoms with E-state index < -0.39 is 0 Å². The first-order chi connectivity index (χ1) is 9.06. The summed E-state index contributed by atoms with van der Waals surface area (Å²) >= 11 is 0. The maximum absolute atomic E-state index is 11.9. The van der Waals surface area contributed by atoms with Crippen LogP contribution in [0.5, 0.6) is 0 Å². The fraction of sp³-hybridized carbons (Fsp3) is 0.643. The maximum Gasteiger partial charge on any atom is 0.234 e. The van der Waals surface area contributed by atoms with E-state index in [9.17, 15) is 9.90 Å². The van der Waals surface area contributed by atoms with E-state index in [1.807, 2.05) is 24.8 Å². The molecule has 2 rings (SSSR count). The third kappa shape index (κ3) is 3.81. The quantitative estimate of drug-likeness (QED) is 0.858. The Balaban J connectivity index is 1.78. The van der Waals surface area contributed by atoms with Crippen molar-refractivity contribution in [2.24, 2.45) is 5.92 Å². The highest BCUT2D eigenvalue weighted by Gasteiger charge is 2.25. The predicted octanol–water partition coefficient (Wildman–Crippen LogP) is 1.16. The number of piperidine rings is 1. The summed E-state index contributed by atoms with van der Waals surface area (Å²) < 4.78 is 5.25. The lowest BCUT2D eigenvalue weighted by molar-refractivity contribution is -0.124. The summed E-state index contributed by atoms with van der Waals surface area (Å²) in [5.41, 5.74) is 0. The monoisotopic (exact) mass is 266 g/mol. The molecule has 5 nitrogen and oxygen atoms in total. The molecule has 0 spiro atoms. The molecular weight excluding hydrogens is 244 g/mol. The topological polar surface area (TPSA) is 65.7 Å². The number of carbonyl (C=O) groups is 1. The average Bonchev–Trinajstić information content (AvgIpc) is 2.87. The first-order valence-corrected chi connectivity index (χ1v) is 6.79. The van der Waals surface area contributed by atoms with Gasteiger partial charge in [-0.05, 0) is 37.9 Å². The first kappa shape index (κ1) is 14.1. The normalized spacial score (nSPS) is 26.1. The lowest BCUT2D eigenvalue weighted by atomic mass is 9.96. The van der Waals surface area contributed by atoms with Gasteiger partial charge in [-0.2, -0.15) is 0 Å². The summed E-state index contributed by atoms with van der Waals surface area (Å²) in [5, 5.41) is 12.7. The van der Waals surface area contributed by atoms with Crippen molar-refractivity contribution in [3.05, 3.63) is 24.2 Å². The zero-order chi connectivity index (χ0) is 13.8. The predicted molar refractivity (Wildman–Crippen MR) is 71.5 cm³/mol. The minimum absolute atomic E-state index is 0.0364. The second-order valence-electron chi connectivity index (χ2n) is 5.37. The third-order valence-corrected chi connectivity index (χ3v) is 3.72. The van der Waals surface area contributed by atoms with Crippen molar-refractivity contribution in [1.29, 1.82) is 0 Å². The lowest BCUT2D eigenvalue weighted by Crippen LogP contribution is -2.47. The Morgan fingerprint density at radius 1 is 1.68 bits per heavy atom. The lowest BCUT2D eigenvalue weighted by Gasteiger charge is -2.33. The molecule has 0 aliphatic carbocycles. The number of carbonyl (C=O) groups excluding carboxylic acids is 1. The van der Waals surface area contributed by atoms with Crippen LogP contribution >= 0.6 is 0 Å². The van der Waals surface area contributed by atoms with Crippen molar-refractivity contribution in [2.75, 3.05) is 19.6 Å². The van der Waals surface area contributed by atoms with Crippen molar-refractivity contribution in [3.8, 4) is 0 Å². The summed E-state index contributed by atoms with van der Waals surface area (Å²) in [6, 6.07) is 3.52. The largest absolute Gasteiger partial charge is 0.467 e. The molecule has 1 fully saturated rings. The zero-order valence-electron chi connectivity index (χ0n) is 11.5. The van der Waals surface area contributed by atoms with E-state index in [4.69, 9.17) is 4.42 Å². The van der Waals surface area contributed by atoms with E-state index in [2.05, 4.69) is 5.32 Å². The molecule has 1 aliphatic heterocycles. The number of hydrogen-bond donors (Lipinski definition) is 2. The van der Waals surface area contributed by atoms with Crippen LogP contribution in [0.2, 0.25) is 0 Å². The molecule has 0 saturated carbocycles. The number of β-amino-alcohol motifs (C(OH)–C–C–N with tert-alkyl or cyclic N) is 1. The molecule has 1 aromatic heterocycles. The van der Waals surface area contributed by atoms with E-state index in [0.717, 1.165) is 18.7 Å². The molecule has 0 aromatic carbocycles. The van der Waals surface area contributed by atoms with E-state index >= 15 is 0 Å². The van der Waals surface area contributed by atoms with E-state index in [-0.39, 0.29) is 18.1 Å². The van der Waals surface area contributed by atoms with Gasteiger partial charge in [-0.1, -0.05) is 6.92 Å². The Kier molecular flexibility index (Phi) is 4.61. The molecule has 3 unspecified atom stereocenters. The second kappa shape index (κ2) is 6.21. The van der Waals surface area contributed by atoms with Gasteiger partial charge in [0.2, 0.25) is 5.91 Å². The number of nitrogens with one attached hydrogen (secondary N) is 1. The van der Waals surface area contributed by atoms with Gasteiger partial charge in [0, 0.05) is 6.54 Å². The van der Waals surface area contributed by atoms with Crippen molar-refractivity contribution in [1.82, 2.24) is 10.2 Å². The van der Waals surface area contributed by atoms with Gasteiger partial charge in [0.1, 0.15) is 5.76 Å². The van der Waals surface area contributed by atoms with Crippen molar-refractivity contribution >= 4 is 5.91 Å². The molecule has 2 N–H and O–H groups in total. The summed E-state index contributed by atoms with van der Waals surface area (Å²) in [7, 11) is 0. The van der Waals surface area contributed by atoms with Gasteiger partial charge in [-0.15, -0.1) is 0 Å². The van der Waals surface area contributed by atoms with E-state index in [0.29, 0.717) is 19.0 Å². The van der Waals surface area contributed by atoms with Crippen LogP contribution in [0.15, 0.2) is 22.8 Å². The molecule has 19 heavy (non-hydrogen) atoms. The molecule has 1 saturated heterocycles. The van der Waals surface area contributed by atoms with Gasteiger partial charge in [0.05, 0.1) is 25.0 Å². The Hall–Kier alpha value is -1.33. The molecule has 1 aromatic rings. The molecule has 106 valence electrons. The van der Waals surface area contributed by atoms with Crippen LogP contribution < -0.4 is 5.32 Å². The summed E-state index contributed by atoms with van der Waals surface area (Å²) in [4.78, 5) is 13.9. The van der Waals surface area contributed by atoms with Crippen LogP contribution in [0.3, 0.4) is 0 Å². The SMILES string of the molecule is CC(NC(=O)CN1CCC(C)C(O)C1)c1ccco1. The number of likely N-dealkylation sites (tertiary alicyclic amines) is 1. The van der Waals surface area contributed by atoms with Gasteiger partial charge in [0.15, 0.2) is 0 Å². The third-order valence-electron chi connectivity index (χ3n) is 3.72. The minimum atomic E-state index is -0.330. The van der Waals surface area contributed by atoms with E-state index in [1.54, 1.807) is 12.3 Å². The molecule has 1 aliphatic rings. The van der Waals surface area contributed by atoms with Crippen molar-refractivity contribution in [2.45, 2.75) is 32.4 Å². The first-order valence-electron chi connectivity index (χ1n) is 6.79. The number of hydrogen-bond acceptors (Lipinski definition) is 4. The smallest absolute Gasteiger partial charge is 0.234 e. The van der Waals surface area contributed by atoms with Crippen LogP contribution in [0.1, 0.15) is 32.1 Å². The zero-order valence-corrected chi connectivity index (χ0v) is 11.5. The number of furan rings is 1. The maximum atomic E-state index is 11.9. The summed E-state index contributed by atoms with van der Waals surface area (Å²) in [6.07, 6.45) is 2.20. The number of nitrogens with zero attached hydrogens (tertiary/aromatic N) is 1. The van der Waals surface area contributed by atoms with Crippen molar-refractivity contribution in [3.63, 3.8) is 0 Å². The molecule has 1 amide bonds. The Morgan fingerprint density at radius 2 is 2.47 bits per heavy atom. The van der Waals surface area contributed by atoms with Gasteiger partial charge >= 0.3 is 0 Å². The number of rotatable bonds is 4. The fourth-order valence-corrected chi connectivity index (χ4v) is 2.36. The van der Waals surface area contributed by atoms with Crippen LogP contribution in [0.4, 0.5) is 0 Å². The standard InChI is InChI=1S/C14H22N2O3/c1-10-5-6-16(8-12(10)17)9-14(18)15-11(2)13-4-3-7-19-13/h3-4,7,10-12,17H,5-6,8-9H2,1-2H3,(H,15,18). The molecule has 2 heterocycles. The Morgan fingerprint density at radius 3 is 3.11 bits per heavy atom. The van der Waals surface area contributed by atoms with Crippen LogP contribution in [0, 0.1) is 5.92 Å². The fourth-order valence-electron chi connectivity index (χ4n) is 2.36. The summed E-state index contributed by atoms with van der Waals surface area (Å²) in [6.45, 7) is 5.70. The van der Waals surface area contributed by atoms with Gasteiger partial charge < -0.3 is 14.8 Å².